The maximum atomic E-state index is 15.3. The summed E-state index contributed by atoms with van der Waals surface area (Å²) in [5, 5.41) is 3.73. The lowest BCUT2D eigenvalue weighted by molar-refractivity contribution is -0.145. The average Bonchev–Trinajstić information content (AvgIpc) is 0.786. The highest BCUT2D eigenvalue weighted by Gasteiger charge is 2.20. The van der Waals surface area contributed by atoms with Gasteiger partial charge >= 0.3 is 5.97 Å². The zero-order chi connectivity index (χ0) is 78.1. The third kappa shape index (κ3) is 26.8. The van der Waals surface area contributed by atoms with E-state index in [9.17, 15) is 9.59 Å². The molecular formula is C84H105N5O19. The molecule has 6 aromatic carbocycles. The minimum absolute atomic E-state index is 0.00217. The zero-order valence-electron chi connectivity index (χ0n) is 64.7. The van der Waals surface area contributed by atoms with E-state index in [1.807, 2.05) is 6.92 Å². The molecule has 0 unspecified atom stereocenters. The Morgan fingerprint density at radius 2 is 0.685 bits per heavy atom. The molecule has 7 aromatic rings. The SMILES string of the molecule is CCCCOC(=O)[C@H](C)NC(=O)c1cc2c#cc3ccc(OC)c(c3)[nH]c(=O)c3cc(c(OCCOCCC(C)C)cc3OCCOCCC(C)C)c(=O)[nH]c3cc([nH]c(=O)c4cc(c(OCCOCCC(C)C)cc4OCCOCCC(C)C)c(=O)[nH]c4cc(c#cc(c1)c2)ccc4OC)c(OC)cc3OC. The number of rotatable bonds is 38. The first kappa shape index (κ1) is 84.8. The van der Waals surface area contributed by atoms with Crippen LogP contribution >= 0.6 is 0 Å². The summed E-state index contributed by atoms with van der Waals surface area (Å²) in [4.78, 5) is 100. The molecule has 7 rings (SSSR count). The van der Waals surface area contributed by atoms with Crippen LogP contribution in [0.15, 0.2) is 110 Å². The number of H-pyrrole nitrogens is 4. The summed E-state index contributed by atoms with van der Waals surface area (Å²) in [5.41, 5.74) is -2.52. The minimum Gasteiger partial charge on any atom is -0.495 e. The number of esters is 1. The topological polar surface area (TPSA) is 298 Å². The number of benzene rings is 6. The Balaban J connectivity index is 1.65. The molecule has 1 amide bonds. The van der Waals surface area contributed by atoms with Gasteiger partial charge < -0.3 is 86.8 Å². The van der Waals surface area contributed by atoms with Gasteiger partial charge in [-0.1, -0.05) is 93.0 Å². The lowest BCUT2D eigenvalue weighted by atomic mass is 10.1. The van der Waals surface area contributed by atoms with Gasteiger partial charge in [-0.25, -0.2) is 4.79 Å². The molecule has 24 nitrogen and oxygen atoms in total. The van der Waals surface area contributed by atoms with Gasteiger partial charge in [-0.05, 0) is 135 Å². The number of hydrogen-bond acceptors (Lipinski definition) is 19. The van der Waals surface area contributed by atoms with Crippen molar-refractivity contribution in [1.29, 1.82) is 0 Å². The monoisotopic (exact) mass is 1490 g/mol. The summed E-state index contributed by atoms with van der Waals surface area (Å²) >= 11 is 0. The Bertz CT molecular complexity index is 4490. The average molecular weight is 1490 g/mol. The smallest absolute Gasteiger partial charge is 0.328 e. The number of carbonyl (C=O) groups is 2. The molecule has 0 aliphatic rings. The number of amides is 1. The Hall–Kier alpha value is -10.5. The molecule has 108 heavy (non-hydrogen) atoms. The van der Waals surface area contributed by atoms with Crippen molar-refractivity contribution in [1.82, 2.24) is 25.3 Å². The summed E-state index contributed by atoms with van der Waals surface area (Å²) in [6, 6.07) is 34.7. The predicted molar refractivity (Wildman–Crippen MR) is 421 cm³/mol. The molecule has 0 saturated carbocycles. The molecule has 580 valence electrons. The van der Waals surface area contributed by atoms with Gasteiger partial charge in [0.05, 0.1) is 105 Å². The Morgan fingerprint density at radius 1 is 0.361 bits per heavy atom. The molecular weight excluding hydrogens is 1380 g/mol. The van der Waals surface area contributed by atoms with E-state index in [0.717, 1.165) is 32.1 Å². The fraction of sp³-hybridized carbons (Fsp3) is 0.452. The van der Waals surface area contributed by atoms with E-state index in [4.69, 9.17) is 61.6 Å². The second-order valence-electron chi connectivity index (χ2n) is 27.2. The van der Waals surface area contributed by atoms with E-state index in [0.29, 0.717) is 78.1 Å². The molecule has 5 N–H and O–H groups in total. The maximum Gasteiger partial charge on any atom is 0.328 e. The number of carbonyl (C=O) groups excluding carboxylic acids is 2. The minimum atomic E-state index is -1.02. The molecule has 0 saturated heterocycles. The van der Waals surface area contributed by atoms with Crippen LogP contribution in [-0.2, 0) is 28.5 Å². The molecule has 1 heterocycles. The predicted octanol–water partition coefficient (Wildman–Crippen LogP) is 13.9. The first-order chi connectivity index (χ1) is 52.0. The van der Waals surface area contributed by atoms with Gasteiger partial charge in [0.2, 0.25) is 0 Å². The van der Waals surface area contributed by atoms with Gasteiger partial charge in [0.15, 0.2) is 0 Å². The van der Waals surface area contributed by atoms with Crippen molar-refractivity contribution < 1.29 is 71.2 Å². The van der Waals surface area contributed by atoms with Crippen molar-refractivity contribution >= 4 is 77.0 Å². The van der Waals surface area contributed by atoms with Crippen LogP contribution in [0.25, 0.3) is 65.2 Å². The highest BCUT2D eigenvalue weighted by molar-refractivity contribution is 5.99. The van der Waals surface area contributed by atoms with E-state index >= 15 is 19.2 Å². The van der Waals surface area contributed by atoms with Crippen LogP contribution in [-0.4, -0.2) is 152 Å². The van der Waals surface area contributed by atoms with Crippen molar-refractivity contribution in [3.05, 3.63) is 162 Å². The zero-order valence-corrected chi connectivity index (χ0v) is 64.7. The van der Waals surface area contributed by atoms with E-state index in [-0.39, 0.29) is 155 Å². The highest BCUT2D eigenvalue weighted by Crippen LogP contribution is 2.32. The fourth-order valence-electron chi connectivity index (χ4n) is 10.4. The molecule has 0 fully saturated rings. The summed E-state index contributed by atoms with van der Waals surface area (Å²) < 4.78 is 78.0. The molecule has 0 radical (unpaired) electrons. The van der Waals surface area contributed by atoms with Crippen LogP contribution in [0.4, 0.5) is 0 Å². The number of aromatic amines is 4. The summed E-state index contributed by atoms with van der Waals surface area (Å²) in [6.07, 6.45) is 4.67. The van der Waals surface area contributed by atoms with Gasteiger partial charge in [-0.15, -0.1) is 0 Å². The van der Waals surface area contributed by atoms with Crippen molar-refractivity contribution in [2.75, 3.05) is 114 Å². The number of fused-ring (bicyclic) bond motifs is 12. The molecule has 12 bridgehead atoms. The van der Waals surface area contributed by atoms with Gasteiger partial charge in [0, 0.05) is 71.7 Å². The first-order valence-electron chi connectivity index (χ1n) is 36.7. The van der Waals surface area contributed by atoms with Crippen LogP contribution in [0.2, 0.25) is 0 Å². The van der Waals surface area contributed by atoms with Gasteiger partial charge in [-0.3, -0.25) is 24.0 Å². The lowest BCUT2D eigenvalue weighted by Gasteiger charge is -2.13. The second kappa shape index (κ2) is 44.0. The normalized spacial score (nSPS) is 11.4. The number of aromatic nitrogens is 4. The number of nitrogens with one attached hydrogen (secondary N) is 5. The third-order valence-electron chi connectivity index (χ3n) is 16.7. The quantitative estimate of drug-likeness (QED) is 0.0177. The van der Waals surface area contributed by atoms with E-state index in [2.05, 4.69) is 105 Å². The summed E-state index contributed by atoms with van der Waals surface area (Å²) in [5.74, 6) is 1.11. The third-order valence-corrected chi connectivity index (χ3v) is 16.7. The standard InChI is InChI=1S/C84H105N5O19/c1-15-16-29-108-84(95)57(10)85-79(90)62-43-60-19-17-58-21-23-71(96-11)67(45-58)86-80(91)63-47-65(75(106-40-36-102-32-27-55(6)7)50-73(63)104-38-34-100-30-25-53(2)3)82(93)88-69-49-70(78(99-14)52-77(69)98-13)89-83(94)66-48-64(81(92)87-68-46-59(22-24-72(68)97-12)18-20-61(42-60)44-62)74(105-39-35-101-31-26-54(4)5)51-76(66)107-41-37-103-33-28-56(8)9/h21-24,42-57H,15-16,25-41H2,1-14H3,(H,85,90)(H,86,91)(H,87,92)(H,88,93)(H,89,94)/t57-/m0/s1. The van der Waals surface area contributed by atoms with Crippen LogP contribution in [0.1, 0.15) is 118 Å². The molecule has 0 spiro atoms. The molecule has 24 heteroatoms. The first-order valence-corrected chi connectivity index (χ1v) is 36.7. The van der Waals surface area contributed by atoms with E-state index in [1.165, 1.54) is 71.8 Å². The molecule has 1 aromatic heterocycles. The van der Waals surface area contributed by atoms with Crippen molar-refractivity contribution in [3.8, 4) is 46.0 Å². The van der Waals surface area contributed by atoms with Crippen LogP contribution in [0, 0.1) is 47.9 Å². The summed E-state index contributed by atoms with van der Waals surface area (Å²) in [6.45, 7) is 22.8. The lowest BCUT2D eigenvalue weighted by Crippen LogP contribution is -2.39. The fourth-order valence-corrected chi connectivity index (χ4v) is 10.4. The molecule has 0 aliphatic carbocycles. The summed E-state index contributed by atoms with van der Waals surface area (Å²) in [7, 11) is 5.65. The maximum absolute atomic E-state index is 15.3. The van der Waals surface area contributed by atoms with E-state index in [1.54, 1.807) is 54.6 Å². The Morgan fingerprint density at radius 3 is 1.01 bits per heavy atom. The van der Waals surface area contributed by atoms with Crippen LogP contribution in [0.3, 0.4) is 0 Å². The van der Waals surface area contributed by atoms with Gasteiger partial charge in [0.1, 0.15) is 78.5 Å². The Kier molecular flexibility index (Phi) is 34.5. The molecule has 0 aliphatic heterocycles. The van der Waals surface area contributed by atoms with Gasteiger partial charge in [-0.2, -0.15) is 0 Å². The highest BCUT2D eigenvalue weighted by atomic mass is 16.6. The van der Waals surface area contributed by atoms with Crippen molar-refractivity contribution in [2.45, 2.75) is 114 Å². The van der Waals surface area contributed by atoms with Gasteiger partial charge in [0.25, 0.3) is 28.1 Å². The van der Waals surface area contributed by atoms with Crippen molar-refractivity contribution in [2.24, 2.45) is 23.7 Å². The van der Waals surface area contributed by atoms with E-state index < -0.39 is 40.2 Å². The second-order valence-corrected chi connectivity index (χ2v) is 27.2. The number of unbranched alkanes of at least 4 members (excludes halogenated alkanes) is 1. The van der Waals surface area contributed by atoms with Crippen LogP contribution < -0.4 is 65.4 Å². The van der Waals surface area contributed by atoms with Crippen LogP contribution in [0.5, 0.6) is 46.0 Å². The largest absolute Gasteiger partial charge is 0.495 e. The number of ether oxygens (including phenoxy) is 13. The number of hydrogen-bond donors (Lipinski definition) is 5. The molecule has 1 atom stereocenters. The van der Waals surface area contributed by atoms with Crippen molar-refractivity contribution in [3.63, 3.8) is 0 Å². The number of methoxy groups -OCH3 is 4. The Labute approximate surface area is 630 Å².